The highest BCUT2D eigenvalue weighted by atomic mass is 19.1. The molecule has 0 aliphatic heterocycles. The number of benzene rings is 1. The summed E-state index contributed by atoms with van der Waals surface area (Å²) in [4.78, 5) is 22.9. The van der Waals surface area contributed by atoms with Gasteiger partial charge in [-0.15, -0.1) is 0 Å². The summed E-state index contributed by atoms with van der Waals surface area (Å²) in [5.74, 6) is -1.56. The number of carboxylic acids is 1. The molecule has 0 bridgehead atoms. The first kappa shape index (κ1) is 24.7. The molecule has 9 nitrogen and oxygen atoms in total. The van der Waals surface area contributed by atoms with Crippen molar-refractivity contribution in [3.63, 3.8) is 0 Å². The maximum atomic E-state index is 14.6. The normalized spacial score (nSPS) is 12.5. The quantitative estimate of drug-likeness (QED) is 0.275. The first-order valence-corrected chi connectivity index (χ1v) is 10.1. The van der Waals surface area contributed by atoms with Gasteiger partial charge >= 0.3 is 5.97 Å². The molecule has 0 radical (unpaired) electrons. The number of hydrogen-bond acceptors (Lipinski definition) is 7. The van der Waals surface area contributed by atoms with Crippen molar-refractivity contribution in [2.24, 2.45) is 0 Å². The van der Waals surface area contributed by atoms with Crippen molar-refractivity contribution >= 4 is 22.6 Å². The van der Waals surface area contributed by atoms with E-state index in [4.69, 9.17) is 14.6 Å². The van der Waals surface area contributed by atoms with E-state index in [1.807, 2.05) is 13.8 Å². The van der Waals surface area contributed by atoms with Crippen LogP contribution in [0, 0.1) is 5.82 Å². The van der Waals surface area contributed by atoms with Gasteiger partial charge in [-0.25, -0.2) is 4.39 Å². The molecule has 4 N–H and O–H groups in total. The molecule has 1 heterocycles. The van der Waals surface area contributed by atoms with E-state index >= 15 is 0 Å². The third kappa shape index (κ3) is 6.73. The average Bonchev–Trinajstić information content (AvgIpc) is 2.72. The number of pyridine rings is 1. The van der Waals surface area contributed by atoms with Crippen molar-refractivity contribution in [1.82, 2.24) is 4.57 Å². The van der Waals surface area contributed by atoms with Gasteiger partial charge in [0.2, 0.25) is 0 Å². The lowest BCUT2D eigenvalue weighted by Crippen LogP contribution is -2.20. The fourth-order valence-corrected chi connectivity index (χ4v) is 3.01. The molecule has 1 unspecified atom stereocenters. The maximum Gasteiger partial charge on any atom is 0.305 e. The molecule has 2 rings (SSSR count). The number of rotatable bonds is 13. The van der Waals surface area contributed by atoms with Crippen molar-refractivity contribution < 1.29 is 34.0 Å². The summed E-state index contributed by atoms with van der Waals surface area (Å²) in [6, 6.07) is 2.58. The number of fused-ring (bicyclic) bond motifs is 1. The second-order valence-electron chi connectivity index (χ2n) is 7.10. The van der Waals surface area contributed by atoms with E-state index in [2.05, 4.69) is 5.32 Å². The van der Waals surface area contributed by atoms with Crippen molar-refractivity contribution in [2.45, 2.75) is 39.0 Å². The largest absolute Gasteiger partial charge is 0.481 e. The number of nitrogens with one attached hydrogen (secondary N) is 1. The molecular formula is C21H29FN2O7. The Kier molecular flexibility index (Phi) is 9.38. The molecule has 0 saturated heterocycles. The molecule has 172 valence electrons. The van der Waals surface area contributed by atoms with Crippen molar-refractivity contribution in [3.05, 3.63) is 39.9 Å². The van der Waals surface area contributed by atoms with Gasteiger partial charge in [-0.2, -0.15) is 0 Å². The molecule has 1 aromatic carbocycles. The Morgan fingerprint density at radius 3 is 2.48 bits per heavy atom. The zero-order valence-corrected chi connectivity index (χ0v) is 17.6. The summed E-state index contributed by atoms with van der Waals surface area (Å²) < 4.78 is 26.8. The molecule has 1 atom stereocenters. The van der Waals surface area contributed by atoms with Crippen molar-refractivity contribution in [2.75, 3.05) is 38.3 Å². The number of ether oxygens (including phenoxy) is 2. The zero-order chi connectivity index (χ0) is 23.0. The lowest BCUT2D eigenvalue weighted by molar-refractivity contribution is -0.138. The Morgan fingerprint density at radius 2 is 1.87 bits per heavy atom. The zero-order valence-electron chi connectivity index (χ0n) is 17.6. The summed E-state index contributed by atoms with van der Waals surface area (Å²) in [5, 5.41) is 30.5. The third-order valence-electron chi connectivity index (χ3n) is 4.89. The summed E-state index contributed by atoms with van der Waals surface area (Å²) in [6.45, 7) is 5.10. The standard InChI is InChI=1S/C21H29FN2O7/c1-3-13(2)24-12-15(21(28)29)20(27)14-10-16(22)17(11-18(14)24)23-5-7-31-9-8-30-6-4-19(25)26/h10-13,21,23,28-29H,3-9H2,1-2H3,(H,25,26). The van der Waals surface area contributed by atoms with Gasteiger partial charge in [0, 0.05) is 24.2 Å². The molecule has 0 fully saturated rings. The fourth-order valence-electron chi connectivity index (χ4n) is 3.01. The topological polar surface area (TPSA) is 130 Å². The molecule has 0 spiro atoms. The second-order valence-corrected chi connectivity index (χ2v) is 7.10. The number of aromatic nitrogens is 1. The van der Waals surface area contributed by atoms with Gasteiger partial charge in [0.1, 0.15) is 5.82 Å². The highest BCUT2D eigenvalue weighted by molar-refractivity contribution is 5.83. The average molecular weight is 440 g/mol. The van der Waals surface area contributed by atoms with E-state index in [0.29, 0.717) is 12.1 Å². The minimum Gasteiger partial charge on any atom is -0.481 e. The van der Waals surface area contributed by atoms with Gasteiger partial charge < -0.3 is 34.7 Å². The van der Waals surface area contributed by atoms with Gasteiger partial charge in [0.05, 0.1) is 49.6 Å². The summed E-state index contributed by atoms with van der Waals surface area (Å²) in [6.07, 6.45) is 0.113. The SMILES string of the molecule is CCC(C)n1cc(C(O)O)c(=O)c2cc(F)c(NCCOCCOCCC(=O)O)cc21. The Morgan fingerprint density at radius 1 is 1.19 bits per heavy atom. The van der Waals surface area contributed by atoms with Crippen LogP contribution in [0.15, 0.2) is 23.1 Å². The van der Waals surface area contributed by atoms with Crippen LogP contribution in [-0.4, -0.2) is 58.8 Å². The highest BCUT2D eigenvalue weighted by Crippen LogP contribution is 2.26. The Balaban J connectivity index is 2.07. The van der Waals surface area contributed by atoms with Gasteiger partial charge in [-0.1, -0.05) is 6.92 Å². The van der Waals surface area contributed by atoms with Gasteiger partial charge in [-0.05, 0) is 25.5 Å². The maximum absolute atomic E-state index is 14.6. The number of aliphatic hydroxyl groups is 2. The number of aliphatic carboxylic acids is 1. The van der Waals surface area contributed by atoms with Crippen LogP contribution in [0.1, 0.15) is 44.6 Å². The van der Waals surface area contributed by atoms with Crippen LogP contribution in [0.3, 0.4) is 0 Å². The van der Waals surface area contributed by atoms with Gasteiger partial charge in [0.25, 0.3) is 0 Å². The molecule has 10 heteroatoms. The van der Waals surface area contributed by atoms with E-state index in [9.17, 15) is 24.2 Å². The molecular weight excluding hydrogens is 411 g/mol. The Labute approximate surface area is 179 Å². The van der Waals surface area contributed by atoms with E-state index in [1.165, 1.54) is 12.3 Å². The molecule has 1 aromatic heterocycles. The van der Waals surface area contributed by atoms with E-state index in [1.54, 1.807) is 4.57 Å². The predicted octanol–water partition coefficient (Wildman–Crippen LogP) is 2.01. The summed E-state index contributed by atoms with van der Waals surface area (Å²) >= 11 is 0. The number of anilines is 1. The molecule has 0 aliphatic carbocycles. The second kappa shape index (κ2) is 11.8. The summed E-state index contributed by atoms with van der Waals surface area (Å²) in [7, 11) is 0. The van der Waals surface area contributed by atoms with Crippen LogP contribution >= 0.6 is 0 Å². The van der Waals surface area contributed by atoms with Gasteiger partial charge in [0.15, 0.2) is 11.7 Å². The highest BCUT2D eigenvalue weighted by Gasteiger charge is 2.18. The predicted molar refractivity (Wildman–Crippen MR) is 113 cm³/mol. The van der Waals surface area contributed by atoms with Crippen LogP contribution in [0.25, 0.3) is 10.9 Å². The smallest absolute Gasteiger partial charge is 0.305 e. The van der Waals surface area contributed by atoms with Gasteiger partial charge in [-0.3, -0.25) is 9.59 Å². The number of carbonyl (C=O) groups is 1. The lowest BCUT2D eigenvalue weighted by Gasteiger charge is -2.20. The van der Waals surface area contributed by atoms with E-state index < -0.39 is 23.5 Å². The number of nitrogens with zero attached hydrogens (tertiary/aromatic N) is 1. The number of carboxylic acid groups (broad SMARTS) is 1. The number of halogens is 1. The molecule has 0 saturated carbocycles. The third-order valence-corrected chi connectivity index (χ3v) is 4.89. The first-order chi connectivity index (χ1) is 14.8. The monoisotopic (exact) mass is 440 g/mol. The lowest BCUT2D eigenvalue weighted by atomic mass is 10.1. The summed E-state index contributed by atoms with van der Waals surface area (Å²) in [5.41, 5.74) is -0.143. The number of aliphatic hydroxyl groups excluding tert-OH is 1. The minimum absolute atomic E-state index is 0.0524. The van der Waals surface area contributed by atoms with Crippen molar-refractivity contribution in [1.29, 1.82) is 0 Å². The van der Waals surface area contributed by atoms with Crippen molar-refractivity contribution in [3.8, 4) is 0 Å². The fraction of sp³-hybridized carbons (Fsp3) is 0.524. The molecule has 0 aliphatic rings. The molecule has 2 aromatic rings. The molecule has 31 heavy (non-hydrogen) atoms. The van der Waals surface area contributed by atoms with E-state index in [0.717, 1.165) is 12.5 Å². The first-order valence-electron chi connectivity index (χ1n) is 10.1. The minimum atomic E-state index is -1.95. The van der Waals surface area contributed by atoms with Crippen LogP contribution in [0.2, 0.25) is 0 Å². The Bertz CT molecular complexity index is 945. The van der Waals surface area contributed by atoms with Crippen LogP contribution in [-0.2, 0) is 14.3 Å². The van der Waals surface area contributed by atoms with Crippen LogP contribution in [0.4, 0.5) is 10.1 Å². The molecule has 0 amide bonds. The Hall–Kier alpha value is -2.53. The number of hydrogen-bond donors (Lipinski definition) is 4. The van der Waals surface area contributed by atoms with E-state index in [-0.39, 0.29) is 55.5 Å². The van der Waals surface area contributed by atoms with Crippen LogP contribution < -0.4 is 10.7 Å². The van der Waals surface area contributed by atoms with Crippen LogP contribution in [0.5, 0.6) is 0 Å².